The number of allylic oxidation sites excluding steroid dienone is 3. The normalized spacial score (nSPS) is 23.0. The molecule has 0 saturated carbocycles. The van der Waals surface area contributed by atoms with Crippen LogP contribution < -0.4 is 15.8 Å². The van der Waals surface area contributed by atoms with Gasteiger partial charge in [0.15, 0.2) is 0 Å². The Hall–Kier alpha value is -4.89. The molecule has 0 bridgehead atoms. The predicted octanol–water partition coefficient (Wildman–Crippen LogP) is 6.97. The Bertz CT molecular complexity index is 2040. The molecule has 0 fully saturated rings. The standard InChI is InChI=1S/C45H53N3O5/c1-10-53-44(50)37(21-30-14-12-11-13-15-30)47-24-31-17-19-38(52-9)34(20-31)33-18-16-25(2)39-26(3)40-27(4)45(51)28(5)41(29(6)46)43(49)42(48(7)8)36(45)23-32(40)22-35(33)39/h11-20,32,36-37,42,47,49,51H,3,5-6,10,21-24,46H2,1-2,4,7-9H3/t32-,36-,37?,42-,45-/m0/s1. The fourth-order valence-electron chi connectivity index (χ4n) is 9.18. The van der Waals surface area contributed by atoms with Gasteiger partial charge in [0.05, 0.1) is 19.8 Å². The highest BCUT2D eigenvalue weighted by molar-refractivity contribution is 5.90. The average molecular weight is 716 g/mol. The third-order valence-corrected chi connectivity index (χ3v) is 11.6. The number of fused-ring (bicyclic) bond motifs is 3. The smallest absolute Gasteiger partial charge is 0.323 e. The molecule has 0 saturated heterocycles. The number of hydrogen-bond acceptors (Lipinski definition) is 8. The zero-order chi connectivity index (χ0) is 38.4. The summed E-state index contributed by atoms with van der Waals surface area (Å²) in [5.74, 6) is 0.213. The van der Waals surface area contributed by atoms with Gasteiger partial charge in [-0.05, 0) is 128 Å². The summed E-state index contributed by atoms with van der Waals surface area (Å²) in [5.41, 5.74) is 15.7. The first kappa shape index (κ1) is 37.9. The Kier molecular flexibility index (Phi) is 10.6. The summed E-state index contributed by atoms with van der Waals surface area (Å²) in [6.07, 6.45) is 1.83. The maximum Gasteiger partial charge on any atom is 0.323 e. The zero-order valence-corrected chi connectivity index (χ0v) is 31.9. The maximum absolute atomic E-state index is 13.0. The van der Waals surface area contributed by atoms with Crippen molar-refractivity contribution >= 4 is 11.5 Å². The molecule has 53 heavy (non-hydrogen) atoms. The number of likely N-dealkylation sites (N-methyl/N-ethyl adjacent to an activating group) is 1. The van der Waals surface area contributed by atoms with Crippen LogP contribution in [0.4, 0.5) is 0 Å². The minimum Gasteiger partial charge on any atom is -0.510 e. The molecule has 3 aliphatic rings. The van der Waals surface area contributed by atoms with E-state index in [0.29, 0.717) is 43.6 Å². The summed E-state index contributed by atoms with van der Waals surface area (Å²) >= 11 is 0. The second-order valence-electron chi connectivity index (χ2n) is 14.9. The molecule has 0 radical (unpaired) electrons. The quantitative estimate of drug-likeness (QED) is 0.157. The van der Waals surface area contributed by atoms with Gasteiger partial charge in [-0.25, -0.2) is 0 Å². The van der Waals surface area contributed by atoms with Crippen LogP contribution in [-0.2, 0) is 28.9 Å². The van der Waals surface area contributed by atoms with Gasteiger partial charge < -0.3 is 30.7 Å². The number of nitrogens with zero attached hydrogens (tertiary/aromatic N) is 1. The first-order valence-electron chi connectivity index (χ1n) is 18.3. The van der Waals surface area contributed by atoms with Crippen molar-refractivity contribution in [3.63, 3.8) is 0 Å². The number of nitrogens with two attached hydrogens (primary N) is 1. The molecular formula is C45H53N3O5. The number of methoxy groups -OCH3 is 1. The Balaban J connectivity index is 1.40. The molecule has 0 spiro atoms. The van der Waals surface area contributed by atoms with Crippen molar-refractivity contribution in [1.29, 1.82) is 0 Å². The Morgan fingerprint density at radius 2 is 1.79 bits per heavy atom. The van der Waals surface area contributed by atoms with Crippen molar-refractivity contribution in [3.05, 3.63) is 142 Å². The van der Waals surface area contributed by atoms with Crippen molar-refractivity contribution in [2.75, 3.05) is 27.8 Å². The van der Waals surface area contributed by atoms with Crippen LogP contribution in [-0.4, -0.2) is 66.6 Å². The molecule has 3 aromatic carbocycles. The van der Waals surface area contributed by atoms with Gasteiger partial charge in [-0.3, -0.25) is 9.69 Å². The number of ether oxygens (including phenoxy) is 2. The fourth-order valence-corrected chi connectivity index (χ4v) is 9.18. The van der Waals surface area contributed by atoms with Crippen LogP contribution in [0.5, 0.6) is 5.75 Å². The fraction of sp³-hybridized carbons (Fsp3) is 0.356. The van der Waals surface area contributed by atoms with Gasteiger partial charge in [0.1, 0.15) is 23.2 Å². The highest BCUT2D eigenvalue weighted by atomic mass is 16.5. The predicted molar refractivity (Wildman–Crippen MR) is 212 cm³/mol. The highest BCUT2D eigenvalue weighted by Gasteiger charge is 2.57. The lowest BCUT2D eigenvalue weighted by molar-refractivity contribution is -0.145. The largest absolute Gasteiger partial charge is 0.510 e. The van der Waals surface area contributed by atoms with Crippen LogP contribution >= 0.6 is 0 Å². The molecule has 0 aliphatic heterocycles. The number of aliphatic hydroxyl groups is 2. The Morgan fingerprint density at radius 1 is 1.08 bits per heavy atom. The molecule has 0 aromatic heterocycles. The molecule has 0 amide bonds. The highest BCUT2D eigenvalue weighted by Crippen LogP contribution is 2.58. The number of nitrogens with one attached hydrogen (secondary N) is 1. The maximum atomic E-state index is 13.0. The van der Waals surface area contributed by atoms with E-state index in [0.717, 1.165) is 55.8 Å². The SMILES string of the molecule is C=C(N)C1=C(O)[C@@H](N(C)C)[C@@H]2C[C@@H]3Cc4c(-c5cc(CNC(Cc6ccccc6)C(=O)OCC)ccc5OC)ccc(C)c4C(=C)C3=C(C)[C@]2(O)C1=C. The molecule has 6 rings (SSSR count). The van der Waals surface area contributed by atoms with Crippen molar-refractivity contribution < 1.29 is 24.5 Å². The summed E-state index contributed by atoms with van der Waals surface area (Å²) in [6, 6.07) is 19.4. The van der Waals surface area contributed by atoms with Crippen LogP contribution in [0.1, 0.15) is 48.1 Å². The third kappa shape index (κ3) is 6.54. The number of carbonyl (C=O) groups excluding carboxylic acids is 1. The number of hydrogen-bond donors (Lipinski definition) is 4. The molecule has 278 valence electrons. The van der Waals surface area contributed by atoms with E-state index in [1.54, 1.807) is 7.11 Å². The van der Waals surface area contributed by atoms with E-state index in [1.165, 1.54) is 5.56 Å². The van der Waals surface area contributed by atoms with Gasteiger partial charge in [-0.15, -0.1) is 0 Å². The average Bonchev–Trinajstić information content (AvgIpc) is 3.12. The number of rotatable bonds is 11. The van der Waals surface area contributed by atoms with Gasteiger partial charge >= 0.3 is 5.97 Å². The molecule has 8 nitrogen and oxygen atoms in total. The molecule has 5 N–H and O–H groups in total. The summed E-state index contributed by atoms with van der Waals surface area (Å²) in [6.45, 7) is 19.6. The molecule has 5 atom stereocenters. The lowest BCUT2D eigenvalue weighted by Crippen LogP contribution is -2.58. The van der Waals surface area contributed by atoms with Crippen molar-refractivity contribution in [2.45, 2.75) is 64.3 Å². The summed E-state index contributed by atoms with van der Waals surface area (Å²) in [4.78, 5) is 14.9. The zero-order valence-electron chi connectivity index (χ0n) is 31.9. The Labute approximate surface area is 314 Å². The summed E-state index contributed by atoms with van der Waals surface area (Å²) < 4.78 is 11.4. The van der Waals surface area contributed by atoms with Gasteiger partial charge in [-0.2, -0.15) is 0 Å². The first-order chi connectivity index (χ1) is 25.2. The van der Waals surface area contributed by atoms with E-state index in [-0.39, 0.29) is 29.3 Å². The van der Waals surface area contributed by atoms with Gasteiger partial charge in [0, 0.05) is 29.3 Å². The number of aliphatic hydroxyl groups excluding tert-OH is 1. The van der Waals surface area contributed by atoms with Crippen LogP contribution in [0.2, 0.25) is 0 Å². The van der Waals surface area contributed by atoms with Gasteiger partial charge in [-0.1, -0.05) is 68.3 Å². The van der Waals surface area contributed by atoms with E-state index < -0.39 is 17.7 Å². The van der Waals surface area contributed by atoms with E-state index in [9.17, 15) is 15.0 Å². The monoisotopic (exact) mass is 715 g/mol. The molecule has 1 unspecified atom stereocenters. The second-order valence-corrected chi connectivity index (χ2v) is 14.9. The number of carbonyl (C=O) groups is 1. The van der Waals surface area contributed by atoms with Crippen molar-refractivity contribution in [1.82, 2.24) is 10.2 Å². The topological polar surface area (TPSA) is 117 Å². The van der Waals surface area contributed by atoms with E-state index >= 15 is 0 Å². The summed E-state index contributed by atoms with van der Waals surface area (Å²) in [5, 5.41) is 27.7. The van der Waals surface area contributed by atoms with Crippen LogP contribution in [0, 0.1) is 18.8 Å². The van der Waals surface area contributed by atoms with Crippen LogP contribution in [0.15, 0.2) is 114 Å². The molecule has 0 heterocycles. The first-order valence-corrected chi connectivity index (χ1v) is 18.3. The van der Waals surface area contributed by atoms with Gasteiger partial charge in [0.2, 0.25) is 0 Å². The molecule has 3 aliphatic carbocycles. The molecule has 8 heteroatoms. The third-order valence-electron chi connectivity index (χ3n) is 11.6. The van der Waals surface area contributed by atoms with E-state index in [2.05, 4.69) is 50.2 Å². The van der Waals surface area contributed by atoms with Crippen LogP contribution in [0.25, 0.3) is 16.7 Å². The molecule has 3 aromatic rings. The second kappa shape index (κ2) is 14.9. The van der Waals surface area contributed by atoms with Crippen LogP contribution in [0.3, 0.4) is 0 Å². The lowest BCUT2D eigenvalue weighted by Gasteiger charge is -2.54. The van der Waals surface area contributed by atoms with Gasteiger partial charge in [0.25, 0.3) is 0 Å². The summed E-state index contributed by atoms with van der Waals surface area (Å²) in [7, 11) is 5.49. The van der Waals surface area contributed by atoms with Crippen molar-refractivity contribution in [2.24, 2.45) is 17.6 Å². The minimum absolute atomic E-state index is 0.0330. The lowest BCUT2D eigenvalue weighted by atomic mass is 9.55. The number of benzene rings is 3. The van der Waals surface area contributed by atoms with E-state index in [1.807, 2.05) is 75.3 Å². The number of aryl methyl sites for hydroxylation is 1. The van der Waals surface area contributed by atoms with Crippen molar-refractivity contribution in [3.8, 4) is 16.9 Å². The molecular weight excluding hydrogens is 663 g/mol. The van der Waals surface area contributed by atoms with E-state index in [4.69, 9.17) is 15.2 Å². The minimum atomic E-state index is -1.44. The Morgan fingerprint density at radius 3 is 2.43 bits per heavy atom. The number of esters is 1.